The highest BCUT2D eigenvalue weighted by Crippen LogP contribution is 2.36. The lowest BCUT2D eigenvalue weighted by molar-refractivity contribution is 0.0314. The molecule has 8 nitrogen and oxygen atoms in total. The number of halogens is 1. The molecule has 0 bridgehead atoms. The van der Waals surface area contributed by atoms with Crippen LogP contribution in [0, 0.1) is 0 Å². The number of hydrogen-bond acceptors (Lipinski definition) is 5. The molecule has 10 heteroatoms. The number of nitrogens with zero attached hydrogens (tertiary/aromatic N) is 3. The molecule has 25 heavy (non-hydrogen) atoms. The van der Waals surface area contributed by atoms with Crippen molar-refractivity contribution in [1.82, 2.24) is 14.2 Å². The van der Waals surface area contributed by atoms with E-state index in [1.165, 1.54) is 21.5 Å². The molecule has 1 saturated heterocycles. The van der Waals surface area contributed by atoms with Gasteiger partial charge in [-0.15, -0.1) is 0 Å². The molecule has 1 amide bonds. The first-order valence-corrected chi connectivity index (χ1v) is 9.97. The second-order valence-corrected chi connectivity index (χ2v) is 10.2. The van der Waals surface area contributed by atoms with E-state index in [2.05, 4.69) is 20.9 Å². The number of carboxylic acid groups (broad SMARTS) is 1. The predicted octanol–water partition coefficient (Wildman–Crippen LogP) is 2.36. The Morgan fingerprint density at radius 2 is 2.08 bits per heavy atom. The first-order valence-electron chi connectivity index (χ1n) is 7.73. The van der Waals surface area contributed by atoms with E-state index in [4.69, 9.17) is 5.73 Å². The molecular formula is C15H23BrN4O4S. The van der Waals surface area contributed by atoms with E-state index in [9.17, 15) is 18.3 Å². The minimum absolute atomic E-state index is 0.0604. The van der Waals surface area contributed by atoms with Crippen molar-refractivity contribution in [3.05, 3.63) is 16.7 Å². The minimum atomic E-state index is -3.87. The van der Waals surface area contributed by atoms with Crippen LogP contribution < -0.4 is 5.73 Å². The molecule has 1 aliphatic heterocycles. The summed E-state index contributed by atoms with van der Waals surface area (Å²) in [5.74, 6) is -0.0808. The molecule has 1 aromatic rings. The highest BCUT2D eigenvalue weighted by molar-refractivity contribution is 9.10. The first kappa shape index (κ1) is 19.9. The fraction of sp³-hybridized carbons (Fsp3) is 0.600. The maximum atomic E-state index is 13.0. The fourth-order valence-corrected chi connectivity index (χ4v) is 5.53. The zero-order valence-electron chi connectivity index (χ0n) is 14.7. The molecule has 140 valence electrons. The van der Waals surface area contributed by atoms with Gasteiger partial charge in [-0.2, -0.15) is 4.31 Å². The molecule has 0 spiro atoms. The smallest absolute Gasteiger partial charge is 0.408 e. The average molecular weight is 435 g/mol. The van der Waals surface area contributed by atoms with E-state index in [1.54, 1.807) is 27.7 Å². The number of aromatic nitrogens is 1. The Morgan fingerprint density at radius 3 is 2.60 bits per heavy atom. The standard InChI is InChI=1S/C15H23BrN4O4S/c1-14(2,3)20(13(21)22)15(4)5-6-19(9-15)25(23,24)11-7-10(16)8-18-12(11)17/h7-8H,5-6,9H2,1-4H3,(H2,17,18)(H,21,22). The van der Waals surface area contributed by atoms with Crippen LogP contribution in [0.4, 0.5) is 10.6 Å². The van der Waals surface area contributed by atoms with Crippen molar-refractivity contribution in [1.29, 1.82) is 0 Å². The second-order valence-electron chi connectivity index (χ2n) is 7.41. The topological polar surface area (TPSA) is 117 Å². The third kappa shape index (κ3) is 3.75. The maximum Gasteiger partial charge on any atom is 0.408 e. The third-order valence-electron chi connectivity index (χ3n) is 4.28. The van der Waals surface area contributed by atoms with Crippen LogP contribution in [0.1, 0.15) is 34.1 Å². The Kier molecular flexibility index (Phi) is 5.10. The van der Waals surface area contributed by atoms with Gasteiger partial charge in [0.2, 0.25) is 10.0 Å². The van der Waals surface area contributed by atoms with Gasteiger partial charge >= 0.3 is 6.09 Å². The number of sulfonamides is 1. The van der Waals surface area contributed by atoms with Crippen molar-refractivity contribution in [3.8, 4) is 0 Å². The van der Waals surface area contributed by atoms with Crippen molar-refractivity contribution in [2.24, 2.45) is 0 Å². The molecule has 0 radical (unpaired) electrons. The van der Waals surface area contributed by atoms with Gasteiger partial charge in [-0.25, -0.2) is 18.2 Å². The Hall–Kier alpha value is -1.39. The Morgan fingerprint density at radius 1 is 1.48 bits per heavy atom. The molecule has 3 N–H and O–H groups in total. The lowest BCUT2D eigenvalue weighted by Gasteiger charge is -2.45. The Labute approximate surface area is 156 Å². The zero-order chi connectivity index (χ0) is 19.2. The van der Waals surface area contributed by atoms with Gasteiger partial charge in [0.25, 0.3) is 0 Å². The fourth-order valence-electron chi connectivity index (χ4n) is 3.40. The number of hydrogen-bond donors (Lipinski definition) is 2. The van der Waals surface area contributed by atoms with E-state index in [0.717, 1.165) is 0 Å². The van der Waals surface area contributed by atoms with Crippen molar-refractivity contribution in [2.75, 3.05) is 18.8 Å². The summed E-state index contributed by atoms with van der Waals surface area (Å²) >= 11 is 3.20. The SMILES string of the molecule is CC(C)(C)N(C(=O)O)C1(C)CCN(S(=O)(=O)c2cc(Br)cnc2N)C1. The number of nitrogen functional groups attached to an aromatic ring is 1. The molecule has 2 heterocycles. The summed E-state index contributed by atoms with van der Waals surface area (Å²) in [5.41, 5.74) is 4.26. The van der Waals surface area contributed by atoms with Gasteiger partial charge in [0.15, 0.2) is 0 Å². The summed E-state index contributed by atoms with van der Waals surface area (Å²) in [6.07, 6.45) is 0.753. The van der Waals surface area contributed by atoms with E-state index in [0.29, 0.717) is 10.9 Å². The Balaban J connectivity index is 2.39. The van der Waals surface area contributed by atoms with Gasteiger partial charge in [0.05, 0.1) is 5.54 Å². The number of amides is 1. The van der Waals surface area contributed by atoms with Gasteiger partial charge in [-0.1, -0.05) is 0 Å². The van der Waals surface area contributed by atoms with E-state index < -0.39 is 27.2 Å². The van der Waals surface area contributed by atoms with Crippen LogP contribution in [0.2, 0.25) is 0 Å². The van der Waals surface area contributed by atoms with Crippen molar-refractivity contribution in [3.63, 3.8) is 0 Å². The molecule has 0 aliphatic carbocycles. The predicted molar refractivity (Wildman–Crippen MR) is 97.7 cm³/mol. The van der Waals surface area contributed by atoms with Crippen LogP contribution in [-0.2, 0) is 10.0 Å². The third-order valence-corrected chi connectivity index (χ3v) is 6.59. The summed E-state index contributed by atoms with van der Waals surface area (Å²) in [5, 5.41) is 9.64. The van der Waals surface area contributed by atoms with E-state index >= 15 is 0 Å². The summed E-state index contributed by atoms with van der Waals surface area (Å²) in [6, 6.07) is 1.41. The molecule has 2 rings (SSSR count). The van der Waals surface area contributed by atoms with E-state index in [1.807, 2.05) is 0 Å². The van der Waals surface area contributed by atoms with Gasteiger partial charge < -0.3 is 10.8 Å². The molecule has 1 aromatic heterocycles. The van der Waals surface area contributed by atoms with Crippen LogP contribution in [0.25, 0.3) is 0 Å². The molecular weight excluding hydrogens is 412 g/mol. The molecule has 0 aromatic carbocycles. The summed E-state index contributed by atoms with van der Waals surface area (Å²) in [4.78, 5) is 16.9. The van der Waals surface area contributed by atoms with Crippen molar-refractivity contribution < 1.29 is 18.3 Å². The van der Waals surface area contributed by atoms with Crippen LogP contribution in [-0.4, -0.2) is 58.0 Å². The maximum absolute atomic E-state index is 13.0. The Bertz CT molecular complexity index is 793. The van der Waals surface area contributed by atoms with Crippen molar-refractivity contribution in [2.45, 2.75) is 50.1 Å². The lowest BCUT2D eigenvalue weighted by atomic mass is 9.92. The van der Waals surface area contributed by atoms with Crippen LogP contribution in [0.3, 0.4) is 0 Å². The van der Waals surface area contributed by atoms with E-state index in [-0.39, 0.29) is 23.8 Å². The highest BCUT2D eigenvalue weighted by atomic mass is 79.9. The van der Waals surface area contributed by atoms with Crippen LogP contribution >= 0.6 is 15.9 Å². The van der Waals surface area contributed by atoms with Gasteiger partial charge in [0.1, 0.15) is 10.7 Å². The number of pyridine rings is 1. The number of anilines is 1. The van der Waals surface area contributed by atoms with Crippen LogP contribution in [0.5, 0.6) is 0 Å². The monoisotopic (exact) mass is 434 g/mol. The quantitative estimate of drug-likeness (QED) is 0.753. The summed E-state index contributed by atoms with van der Waals surface area (Å²) < 4.78 is 27.7. The summed E-state index contributed by atoms with van der Waals surface area (Å²) in [7, 11) is -3.87. The number of nitrogens with two attached hydrogens (primary N) is 1. The normalized spacial score (nSPS) is 22.1. The number of carbonyl (C=O) groups is 1. The summed E-state index contributed by atoms with van der Waals surface area (Å²) in [6.45, 7) is 7.42. The van der Waals surface area contributed by atoms with Gasteiger partial charge in [-0.05, 0) is 56.1 Å². The molecule has 1 atom stereocenters. The van der Waals surface area contributed by atoms with Crippen LogP contribution in [0.15, 0.2) is 21.6 Å². The van der Waals surface area contributed by atoms with Crippen molar-refractivity contribution >= 4 is 37.9 Å². The second kappa shape index (κ2) is 6.40. The molecule has 0 saturated carbocycles. The van der Waals surface area contributed by atoms with Gasteiger partial charge in [-0.3, -0.25) is 4.90 Å². The molecule has 1 unspecified atom stereocenters. The van der Waals surface area contributed by atoms with Gasteiger partial charge in [0, 0.05) is 29.3 Å². The first-order chi connectivity index (χ1) is 11.3. The zero-order valence-corrected chi connectivity index (χ0v) is 17.1. The highest BCUT2D eigenvalue weighted by Gasteiger charge is 2.49. The largest absolute Gasteiger partial charge is 0.465 e. The average Bonchev–Trinajstić information content (AvgIpc) is 2.82. The molecule has 1 aliphatic rings. The lowest BCUT2D eigenvalue weighted by Crippen LogP contribution is -2.59. The minimum Gasteiger partial charge on any atom is -0.465 e. The molecule has 1 fully saturated rings. The number of rotatable bonds is 3.